The first-order valence-electron chi connectivity index (χ1n) is 7.32. The molecule has 2 aliphatic rings. The first-order chi connectivity index (χ1) is 10.8. The van der Waals surface area contributed by atoms with Gasteiger partial charge < -0.3 is 10.4 Å². The number of β-amino-alcohol motifs (C(OH)–C–C–N with tert-alkyl or cyclic N) is 1. The molecular weight excluding hydrogens is 299 g/mol. The number of nitrogens with one attached hydrogen (secondary N) is 1. The molecule has 2 N–H and O–H groups in total. The van der Waals surface area contributed by atoms with Gasteiger partial charge in [-0.1, -0.05) is 26.0 Å². The first kappa shape index (κ1) is 15.4. The summed E-state index contributed by atoms with van der Waals surface area (Å²) in [5.41, 5.74) is 1.48. The van der Waals surface area contributed by atoms with Crippen molar-refractivity contribution in [2.45, 2.75) is 19.3 Å². The standard InChI is InChI=1S/C17H17FN2O3/c1-17(2)4-3-10-7-11(8-12(18)15(10)17)19-13-9-14(22)20(5-6-21)16(13)23/h3-4,7-9,19,21H,5-6H2,1-2H3. The molecule has 0 bridgehead atoms. The number of hydrogen-bond acceptors (Lipinski definition) is 4. The van der Waals surface area contributed by atoms with Crippen molar-refractivity contribution in [3.63, 3.8) is 0 Å². The van der Waals surface area contributed by atoms with Gasteiger partial charge in [0.2, 0.25) is 0 Å². The molecule has 0 unspecified atom stereocenters. The summed E-state index contributed by atoms with van der Waals surface area (Å²) in [5.74, 6) is -1.38. The van der Waals surface area contributed by atoms with Crippen LogP contribution in [-0.4, -0.2) is 35.0 Å². The minimum absolute atomic E-state index is 0.0607. The number of fused-ring (bicyclic) bond motifs is 1. The minimum Gasteiger partial charge on any atom is -0.395 e. The maximum Gasteiger partial charge on any atom is 0.277 e. The molecule has 1 aromatic carbocycles. The van der Waals surface area contributed by atoms with Gasteiger partial charge in [0, 0.05) is 22.7 Å². The van der Waals surface area contributed by atoms with Crippen LogP contribution in [0.25, 0.3) is 6.08 Å². The normalized spacial score (nSPS) is 18.4. The molecule has 0 spiro atoms. The van der Waals surface area contributed by atoms with Crippen LogP contribution in [0.1, 0.15) is 25.0 Å². The smallest absolute Gasteiger partial charge is 0.277 e. The molecule has 2 amide bonds. The highest BCUT2D eigenvalue weighted by Crippen LogP contribution is 2.38. The maximum atomic E-state index is 14.4. The highest BCUT2D eigenvalue weighted by atomic mass is 19.1. The molecule has 0 radical (unpaired) electrons. The van der Waals surface area contributed by atoms with E-state index in [0.717, 1.165) is 16.5 Å². The van der Waals surface area contributed by atoms with Crippen molar-refractivity contribution in [1.82, 2.24) is 4.90 Å². The molecule has 1 heterocycles. The lowest BCUT2D eigenvalue weighted by atomic mass is 9.86. The number of hydrogen-bond donors (Lipinski definition) is 2. The number of allylic oxidation sites excluding steroid dienone is 1. The number of imide groups is 1. The van der Waals surface area contributed by atoms with Crippen molar-refractivity contribution < 1.29 is 19.1 Å². The summed E-state index contributed by atoms with van der Waals surface area (Å²) < 4.78 is 14.4. The van der Waals surface area contributed by atoms with Gasteiger partial charge in [0.1, 0.15) is 11.5 Å². The van der Waals surface area contributed by atoms with Crippen molar-refractivity contribution in [1.29, 1.82) is 0 Å². The molecular formula is C17H17FN2O3. The summed E-state index contributed by atoms with van der Waals surface area (Å²) in [6, 6.07) is 3.07. The zero-order valence-corrected chi connectivity index (χ0v) is 12.9. The van der Waals surface area contributed by atoms with E-state index in [0.29, 0.717) is 11.3 Å². The minimum atomic E-state index is -0.527. The number of halogens is 1. The summed E-state index contributed by atoms with van der Waals surface area (Å²) >= 11 is 0. The van der Waals surface area contributed by atoms with Gasteiger partial charge in [-0.25, -0.2) is 4.39 Å². The van der Waals surface area contributed by atoms with Gasteiger partial charge in [0.15, 0.2) is 0 Å². The van der Waals surface area contributed by atoms with Crippen LogP contribution in [0.3, 0.4) is 0 Å². The van der Waals surface area contributed by atoms with E-state index in [-0.39, 0.29) is 30.1 Å². The number of nitrogens with zero attached hydrogens (tertiary/aromatic N) is 1. The van der Waals surface area contributed by atoms with E-state index >= 15 is 0 Å². The second kappa shape index (κ2) is 5.31. The number of rotatable bonds is 4. The highest BCUT2D eigenvalue weighted by molar-refractivity contribution is 6.17. The Morgan fingerprint density at radius 2 is 2.04 bits per heavy atom. The fourth-order valence-corrected chi connectivity index (χ4v) is 2.96. The third-order valence-electron chi connectivity index (χ3n) is 4.06. The van der Waals surface area contributed by atoms with E-state index in [4.69, 9.17) is 5.11 Å². The lowest BCUT2D eigenvalue weighted by Gasteiger charge is -2.19. The average molecular weight is 316 g/mol. The predicted octanol–water partition coefficient (Wildman–Crippen LogP) is 1.79. The Labute approximate surface area is 133 Å². The maximum absolute atomic E-state index is 14.4. The van der Waals surface area contributed by atoms with Crippen LogP contribution in [0.2, 0.25) is 0 Å². The number of aliphatic hydroxyl groups is 1. The topological polar surface area (TPSA) is 69.6 Å². The Hall–Kier alpha value is -2.47. The highest BCUT2D eigenvalue weighted by Gasteiger charge is 2.32. The number of aliphatic hydroxyl groups excluding tert-OH is 1. The van der Waals surface area contributed by atoms with Gasteiger partial charge >= 0.3 is 0 Å². The fraction of sp³-hybridized carbons (Fsp3) is 0.294. The van der Waals surface area contributed by atoms with Crippen LogP contribution < -0.4 is 5.32 Å². The van der Waals surface area contributed by atoms with Crippen LogP contribution in [0, 0.1) is 5.82 Å². The molecule has 23 heavy (non-hydrogen) atoms. The lowest BCUT2D eigenvalue weighted by Crippen LogP contribution is -2.34. The van der Waals surface area contributed by atoms with Crippen LogP contribution in [-0.2, 0) is 15.0 Å². The molecule has 0 aromatic heterocycles. The second-order valence-corrected chi connectivity index (χ2v) is 6.18. The molecule has 0 atom stereocenters. The molecule has 0 saturated heterocycles. The molecule has 5 nitrogen and oxygen atoms in total. The quantitative estimate of drug-likeness (QED) is 0.831. The third kappa shape index (κ3) is 2.55. The van der Waals surface area contributed by atoms with E-state index in [1.807, 2.05) is 26.0 Å². The van der Waals surface area contributed by atoms with E-state index in [2.05, 4.69) is 5.32 Å². The Kier molecular flexibility index (Phi) is 3.56. The summed E-state index contributed by atoms with van der Waals surface area (Å²) in [6.45, 7) is 3.50. The van der Waals surface area contributed by atoms with Gasteiger partial charge in [0.05, 0.1) is 13.2 Å². The van der Waals surface area contributed by atoms with Gasteiger partial charge in [-0.2, -0.15) is 0 Å². The zero-order chi connectivity index (χ0) is 16.8. The first-order valence-corrected chi connectivity index (χ1v) is 7.32. The van der Waals surface area contributed by atoms with Crippen molar-refractivity contribution >= 4 is 23.6 Å². The van der Waals surface area contributed by atoms with Crippen LogP contribution in [0.15, 0.2) is 30.0 Å². The van der Waals surface area contributed by atoms with E-state index < -0.39 is 11.8 Å². The predicted molar refractivity (Wildman–Crippen MR) is 84.0 cm³/mol. The largest absolute Gasteiger partial charge is 0.395 e. The molecule has 1 aliphatic carbocycles. The molecule has 1 aliphatic heterocycles. The van der Waals surface area contributed by atoms with Gasteiger partial charge in [-0.15, -0.1) is 0 Å². The van der Waals surface area contributed by atoms with E-state index in [1.54, 1.807) is 6.07 Å². The molecule has 6 heteroatoms. The number of benzene rings is 1. The molecule has 1 aromatic rings. The summed E-state index contributed by atoms with van der Waals surface area (Å²) in [7, 11) is 0. The van der Waals surface area contributed by atoms with Gasteiger partial charge in [-0.3, -0.25) is 14.5 Å². The Balaban J connectivity index is 1.87. The van der Waals surface area contributed by atoms with Crippen LogP contribution in [0.5, 0.6) is 0 Å². The van der Waals surface area contributed by atoms with E-state index in [1.165, 1.54) is 6.07 Å². The molecule has 120 valence electrons. The monoisotopic (exact) mass is 316 g/mol. The van der Waals surface area contributed by atoms with Gasteiger partial charge in [-0.05, 0) is 17.7 Å². The number of anilines is 1. The molecule has 3 rings (SSSR count). The van der Waals surface area contributed by atoms with Crippen LogP contribution >= 0.6 is 0 Å². The second-order valence-electron chi connectivity index (χ2n) is 6.18. The molecule has 0 saturated carbocycles. The number of amides is 2. The summed E-state index contributed by atoms with van der Waals surface area (Å²) in [5, 5.41) is 11.7. The van der Waals surface area contributed by atoms with Crippen molar-refractivity contribution in [2.24, 2.45) is 0 Å². The van der Waals surface area contributed by atoms with Crippen molar-refractivity contribution in [3.8, 4) is 0 Å². The average Bonchev–Trinajstić information content (AvgIpc) is 2.91. The summed E-state index contributed by atoms with van der Waals surface area (Å²) in [6.07, 6.45) is 4.93. The van der Waals surface area contributed by atoms with Gasteiger partial charge in [0.25, 0.3) is 11.8 Å². The lowest BCUT2D eigenvalue weighted by molar-refractivity contribution is -0.137. The Morgan fingerprint density at radius 1 is 1.30 bits per heavy atom. The SMILES string of the molecule is CC1(C)C=Cc2cc(NC3=CC(=O)N(CCO)C3=O)cc(F)c21. The van der Waals surface area contributed by atoms with Crippen molar-refractivity contribution in [3.05, 3.63) is 46.9 Å². The number of carbonyl (C=O) groups excluding carboxylic acids is 2. The van der Waals surface area contributed by atoms with Crippen molar-refractivity contribution in [2.75, 3.05) is 18.5 Å². The zero-order valence-electron chi connectivity index (χ0n) is 12.9. The summed E-state index contributed by atoms with van der Waals surface area (Å²) in [4.78, 5) is 24.7. The third-order valence-corrected chi connectivity index (χ3v) is 4.06. The fourth-order valence-electron chi connectivity index (χ4n) is 2.96. The van der Waals surface area contributed by atoms with E-state index in [9.17, 15) is 14.0 Å². The Morgan fingerprint density at radius 3 is 2.74 bits per heavy atom. The molecule has 0 fully saturated rings. The van der Waals surface area contributed by atoms with Crippen LogP contribution in [0.4, 0.5) is 10.1 Å². The Bertz CT molecular complexity index is 765. The number of carbonyl (C=O) groups is 2.